The van der Waals surface area contributed by atoms with Gasteiger partial charge in [0.1, 0.15) is 0 Å². The van der Waals surface area contributed by atoms with Crippen molar-refractivity contribution in [2.45, 2.75) is 53.5 Å². The Labute approximate surface area is 126 Å². The van der Waals surface area contributed by atoms with E-state index in [1.54, 1.807) is 0 Å². The van der Waals surface area contributed by atoms with Crippen molar-refractivity contribution in [1.29, 1.82) is 0 Å². The molecule has 0 saturated heterocycles. The Kier molecular flexibility index (Phi) is 6.06. The third kappa shape index (κ3) is 5.27. The maximum Gasteiger partial charge on any atom is 0.0692 e. The van der Waals surface area contributed by atoms with Gasteiger partial charge < -0.3 is 5.32 Å². The molecule has 1 aromatic rings. The minimum atomic E-state index is 0.365. The van der Waals surface area contributed by atoms with Crippen LogP contribution in [0, 0.1) is 11.3 Å². The van der Waals surface area contributed by atoms with Gasteiger partial charge >= 0.3 is 0 Å². The molecular formula is C15H28BrN3. The summed E-state index contributed by atoms with van der Waals surface area (Å²) >= 11 is 3.62. The summed E-state index contributed by atoms with van der Waals surface area (Å²) in [5.41, 5.74) is 1.64. The number of nitrogens with zero attached hydrogens (tertiary/aromatic N) is 2. The Morgan fingerprint density at radius 1 is 1.42 bits per heavy atom. The van der Waals surface area contributed by atoms with Crippen molar-refractivity contribution in [2.24, 2.45) is 18.4 Å². The average Bonchev–Trinajstić information content (AvgIpc) is 2.55. The first-order valence-electron chi connectivity index (χ1n) is 7.15. The molecule has 0 fully saturated rings. The van der Waals surface area contributed by atoms with E-state index in [0.717, 1.165) is 17.4 Å². The molecule has 0 aliphatic carbocycles. The third-order valence-corrected chi connectivity index (χ3v) is 3.93. The first-order valence-corrected chi connectivity index (χ1v) is 7.94. The van der Waals surface area contributed by atoms with Gasteiger partial charge in [-0.3, -0.25) is 4.68 Å². The smallest absolute Gasteiger partial charge is 0.0692 e. The first-order chi connectivity index (χ1) is 8.74. The van der Waals surface area contributed by atoms with Crippen molar-refractivity contribution in [3.63, 3.8) is 0 Å². The number of hydrogen-bond donors (Lipinski definition) is 1. The Morgan fingerprint density at radius 2 is 2.05 bits per heavy atom. The zero-order valence-electron chi connectivity index (χ0n) is 13.1. The van der Waals surface area contributed by atoms with E-state index in [1.165, 1.54) is 12.1 Å². The molecule has 1 aromatic heterocycles. The summed E-state index contributed by atoms with van der Waals surface area (Å²) in [5, 5.41) is 7.92. The zero-order valence-corrected chi connectivity index (χ0v) is 14.7. The highest BCUT2D eigenvalue weighted by atomic mass is 79.9. The van der Waals surface area contributed by atoms with E-state index in [9.17, 15) is 0 Å². The van der Waals surface area contributed by atoms with Crippen molar-refractivity contribution in [1.82, 2.24) is 15.1 Å². The predicted molar refractivity (Wildman–Crippen MR) is 85.2 cm³/mol. The average molecular weight is 330 g/mol. The SMILES string of the molecule is CCNC(CC(C)CC(C)(C)C)c1c(Br)cnn1C. The lowest BCUT2D eigenvalue weighted by atomic mass is 9.82. The highest BCUT2D eigenvalue weighted by Gasteiger charge is 2.23. The van der Waals surface area contributed by atoms with Gasteiger partial charge in [0, 0.05) is 7.05 Å². The number of nitrogens with one attached hydrogen (secondary N) is 1. The van der Waals surface area contributed by atoms with Crippen LogP contribution in [0.1, 0.15) is 59.2 Å². The van der Waals surface area contributed by atoms with Crippen molar-refractivity contribution < 1.29 is 0 Å². The molecule has 4 heteroatoms. The number of halogens is 1. The van der Waals surface area contributed by atoms with Crippen LogP contribution < -0.4 is 5.32 Å². The standard InChI is InChI=1S/C15H28BrN3/c1-7-17-13(8-11(2)9-15(3,4)5)14-12(16)10-18-19(14)6/h10-11,13,17H,7-9H2,1-6H3. The van der Waals surface area contributed by atoms with Gasteiger partial charge in [-0.25, -0.2) is 0 Å². The minimum absolute atomic E-state index is 0.365. The molecule has 3 nitrogen and oxygen atoms in total. The number of aryl methyl sites for hydroxylation is 1. The second kappa shape index (κ2) is 6.89. The molecule has 1 heterocycles. The van der Waals surface area contributed by atoms with E-state index in [0.29, 0.717) is 17.4 Å². The molecule has 0 bridgehead atoms. The fraction of sp³-hybridized carbons (Fsp3) is 0.800. The van der Waals surface area contributed by atoms with Crippen LogP contribution in [0.3, 0.4) is 0 Å². The molecule has 1 rings (SSSR count). The molecule has 2 atom stereocenters. The summed E-state index contributed by atoms with van der Waals surface area (Å²) in [6.07, 6.45) is 4.27. The molecule has 0 amide bonds. The molecule has 110 valence electrons. The topological polar surface area (TPSA) is 29.9 Å². The fourth-order valence-electron chi connectivity index (χ4n) is 2.88. The summed E-state index contributed by atoms with van der Waals surface area (Å²) in [4.78, 5) is 0. The normalized spacial score (nSPS) is 15.5. The molecule has 19 heavy (non-hydrogen) atoms. The highest BCUT2D eigenvalue weighted by molar-refractivity contribution is 9.10. The van der Waals surface area contributed by atoms with Crippen LogP contribution in [0.4, 0.5) is 0 Å². The molecule has 0 aliphatic heterocycles. The van der Waals surface area contributed by atoms with Gasteiger partial charge in [0.15, 0.2) is 0 Å². The summed E-state index contributed by atoms with van der Waals surface area (Å²) in [6, 6.07) is 0.365. The van der Waals surface area contributed by atoms with Crippen LogP contribution in [-0.2, 0) is 7.05 Å². The number of rotatable bonds is 6. The lowest BCUT2D eigenvalue weighted by Crippen LogP contribution is -2.26. The number of aromatic nitrogens is 2. The van der Waals surface area contributed by atoms with Crippen LogP contribution in [-0.4, -0.2) is 16.3 Å². The highest BCUT2D eigenvalue weighted by Crippen LogP contribution is 2.32. The van der Waals surface area contributed by atoms with Gasteiger partial charge in [-0.2, -0.15) is 5.10 Å². The van der Waals surface area contributed by atoms with Gasteiger partial charge in [0.2, 0.25) is 0 Å². The van der Waals surface area contributed by atoms with Gasteiger partial charge in [-0.05, 0) is 46.6 Å². The summed E-state index contributed by atoms with van der Waals surface area (Å²) in [6.45, 7) is 12.4. The predicted octanol–water partition coefficient (Wildman–Crippen LogP) is 4.30. The van der Waals surface area contributed by atoms with Crippen LogP contribution in [0.5, 0.6) is 0 Å². The Bertz CT molecular complexity index is 373. The Balaban J connectivity index is 2.79. The number of hydrogen-bond acceptors (Lipinski definition) is 2. The van der Waals surface area contributed by atoms with Gasteiger partial charge in [0.05, 0.1) is 22.4 Å². The zero-order chi connectivity index (χ0) is 14.6. The first kappa shape index (κ1) is 16.7. The van der Waals surface area contributed by atoms with E-state index in [2.05, 4.69) is 61.0 Å². The molecule has 2 unspecified atom stereocenters. The van der Waals surface area contributed by atoms with Gasteiger partial charge in [-0.1, -0.05) is 34.6 Å². The largest absolute Gasteiger partial charge is 0.309 e. The Morgan fingerprint density at radius 3 is 2.47 bits per heavy atom. The molecule has 0 spiro atoms. The third-order valence-electron chi connectivity index (χ3n) is 3.32. The van der Waals surface area contributed by atoms with E-state index in [-0.39, 0.29) is 0 Å². The van der Waals surface area contributed by atoms with Crippen molar-refractivity contribution in [3.8, 4) is 0 Å². The second-order valence-electron chi connectivity index (χ2n) is 6.72. The summed E-state index contributed by atoms with van der Waals surface area (Å²) < 4.78 is 3.07. The maximum absolute atomic E-state index is 4.33. The monoisotopic (exact) mass is 329 g/mol. The Hall–Kier alpha value is -0.350. The molecule has 0 saturated carbocycles. The van der Waals surface area contributed by atoms with E-state index in [4.69, 9.17) is 0 Å². The maximum atomic E-state index is 4.33. The van der Waals surface area contributed by atoms with Crippen LogP contribution in [0.25, 0.3) is 0 Å². The fourth-order valence-corrected chi connectivity index (χ4v) is 3.51. The summed E-state index contributed by atoms with van der Waals surface area (Å²) in [5.74, 6) is 0.686. The molecule has 0 radical (unpaired) electrons. The molecule has 0 aliphatic rings. The van der Waals surface area contributed by atoms with Crippen molar-refractivity contribution in [2.75, 3.05) is 6.54 Å². The summed E-state index contributed by atoms with van der Waals surface area (Å²) in [7, 11) is 2.01. The van der Waals surface area contributed by atoms with Gasteiger partial charge in [-0.15, -0.1) is 0 Å². The van der Waals surface area contributed by atoms with Crippen LogP contribution in [0.15, 0.2) is 10.7 Å². The van der Waals surface area contributed by atoms with Crippen LogP contribution in [0.2, 0.25) is 0 Å². The lowest BCUT2D eigenvalue weighted by Gasteiger charge is -2.27. The molecule has 0 aromatic carbocycles. The second-order valence-corrected chi connectivity index (χ2v) is 7.57. The van der Waals surface area contributed by atoms with Crippen LogP contribution >= 0.6 is 15.9 Å². The molecular weight excluding hydrogens is 302 g/mol. The van der Waals surface area contributed by atoms with Crippen molar-refractivity contribution in [3.05, 3.63) is 16.4 Å². The van der Waals surface area contributed by atoms with E-state index in [1.807, 2.05) is 17.9 Å². The van der Waals surface area contributed by atoms with Gasteiger partial charge in [0.25, 0.3) is 0 Å². The minimum Gasteiger partial charge on any atom is -0.309 e. The van der Waals surface area contributed by atoms with E-state index < -0.39 is 0 Å². The lowest BCUT2D eigenvalue weighted by molar-refractivity contribution is 0.273. The van der Waals surface area contributed by atoms with E-state index >= 15 is 0 Å². The quantitative estimate of drug-likeness (QED) is 0.843. The molecule has 1 N–H and O–H groups in total. The van der Waals surface area contributed by atoms with Crippen molar-refractivity contribution >= 4 is 15.9 Å².